The lowest BCUT2D eigenvalue weighted by atomic mass is 10.2. The number of nitrogens with zero attached hydrogens (tertiary/aromatic N) is 3. The van der Waals surface area contributed by atoms with Crippen LogP contribution in [0.2, 0.25) is 0 Å². The number of anilines is 1. The van der Waals surface area contributed by atoms with E-state index in [4.69, 9.17) is 0 Å². The van der Waals surface area contributed by atoms with Crippen LogP contribution in [0.1, 0.15) is 12.5 Å². The molecule has 0 aliphatic rings. The Bertz CT molecular complexity index is 910. The molecule has 5 nitrogen and oxygen atoms in total. The highest BCUT2D eigenvalue weighted by molar-refractivity contribution is 8.00. The van der Waals surface area contributed by atoms with Gasteiger partial charge in [-0.1, -0.05) is 23.9 Å². The molecule has 0 aliphatic carbocycles. The molecule has 9 heteroatoms. The molecule has 3 aromatic rings. The predicted octanol–water partition coefficient (Wildman–Crippen LogP) is 3.87. The fraction of sp³-hybridized carbons (Fsp3) is 0.188. The molecular weight excluding hydrogens is 353 g/mol. The summed E-state index contributed by atoms with van der Waals surface area (Å²) in [5, 5.41) is 10.5. The number of carbonyl (C=O) groups excluding carboxylic acids is 1. The van der Waals surface area contributed by atoms with E-state index in [0.29, 0.717) is 10.8 Å². The monoisotopic (exact) mass is 366 g/mol. The van der Waals surface area contributed by atoms with E-state index in [1.54, 1.807) is 23.6 Å². The number of hydrogen-bond acceptors (Lipinski definition) is 4. The summed E-state index contributed by atoms with van der Waals surface area (Å²) >= 11 is 1.17. The van der Waals surface area contributed by atoms with Gasteiger partial charge in [0.15, 0.2) is 10.8 Å². The Hall–Kier alpha value is -2.55. The largest absolute Gasteiger partial charge is 0.416 e. The molecule has 1 atom stereocenters. The Morgan fingerprint density at radius 2 is 2.00 bits per heavy atom. The summed E-state index contributed by atoms with van der Waals surface area (Å²) in [6, 6.07) is 9.94. The minimum Gasteiger partial charge on any atom is -0.325 e. The van der Waals surface area contributed by atoms with Crippen LogP contribution in [-0.4, -0.2) is 25.8 Å². The molecule has 0 saturated heterocycles. The van der Waals surface area contributed by atoms with Crippen molar-refractivity contribution in [3.8, 4) is 0 Å². The van der Waals surface area contributed by atoms with Crippen molar-refractivity contribution in [2.24, 2.45) is 0 Å². The summed E-state index contributed by atoms with van der Waals surface area (Å²) in [5.74, 6) is -0.419. The fourth-order valence-corrected chi connectivity index (χ4v) is 2.97. The Morgan fingerprint density at radius 1 is 1.20 bits per heavy atom. The van der Waals surface area contributed by atoms with Gasteiger partial charge in [-0.2, -0.15) is 13.2 Å². The molecular formula is C16H13F3N4OS. The van der Waals surface area contributed by atoms with E-state index >= 15 is 0 Å². The Labute approximate surface area is 145 Å². The molecule has 130 valence electrons. The van der Waals surface area contributed by atoms with Crippen LogP contribution in [0.5, 0.6) is 0 Å². The van der Waals surface area contributed by atoms with Crippen molar-refractivity contribution in [3.05, 3.63) is 54.2 Å². The van der Waals surface area contributed by atoms with Gasteiger partial charge in [0, 0.05) is 11.9 Å². The molecule has 0 bridgehead atoms. The number of hydrogen-bond donors (Lipinski definition) is 1. The van der Waals surface area contributed by atoms with E-state index in [-0.39, 0.29) is 5.69 Å². The molecule has 0 radical (unpaired) electrons. The molecule has 2 aromatic heterocycles. The van der Waals surface area contributed by atoms with Crippen molar-refractivity contribution in [2.45, 2.75) is 23.5 Å². The van der Waals surface area contributed by atoms with Crippen molar-refractivity contribution >= 4 is 29.0 Å². The molecule has 0 aliphatic heterocycles. The van der Waals surface area contributed by atoms with E-state index in [1.807, 2.05) is 12.1 Å². The number of benzene rings is 1. The molecule has 1 N–H and O–H groups in total. The molecule has 1 aromatic carbocycles. The first kappa shape index (κ1) is 17.3. The van der Waals surface area contributed by atoms with Gasteiger partial charge in [-0.15, -0.1) is 10.2 Å². The molecule has 25 heavy (non-hydrogen) atoms. The quantitative estimate of drug-likeness (QED) is 0.712. The summed E-state index contributed by atoms with van der Waals surface area (Å²) in [6.07, 6.45) is -2.68. The number of halogens is 3. The third-order valence-corrected chi connectivity index (χ3v) is 4.45. The SMILES string of the molecule is CC(Sc1nnc2ccccn12)C(=O)Nc1cccc(C(F)(F)F)c1. The van der Waals surface area contributed by atoms with Crippen LogP contribution in [0.25, 0.3) is 5.65 Å². The van der Waals surface area contributed by atoms with Gasteiger partial charge >= 0.3 is 6.18 Å². The van der Waals surface area contributed by atoms with E-state index < -0.39 is 22.9 Å². The number of fused-ring (bicyclic) bond motifs is 1. The Kier molecular flexibility index (Phi) is 4.67. The molecule has 2 heterocycles. The average Bonchev–Trinajstić information content (AvgIpc) is 2.97. The number of pyridine rings is 1. The van der Waals surface area contributed by atoms with Crippen molar-refractivity contribution < 1.29 is 18.0 Å². The topological polar surface area (TPSA) is 59.3 Å². The highest BCUT2D eigenvalue weighted by Gasteiger charge is 2.30. The highest BCUT2D eigenvalue weighted by atomic mass is 32.2. The third-order valence-electron chi connectivity index (χ3n) is 3.39. The Morgan fingerprint density at radius 3 is 2.76 bits per heavy atom. The number of nitrogens with one attached hydrogen (secondary N) is 1. The predicted molar refractivity (Wildman–Crippen MR) is 88.4 cm³/mol. The minimum absolute atomic E-state index is 0.0957. The van der Waals surface area contributed by atoms with E-state index in [2.05, 4.69) is 15.5 Å². The van der Waals surface area contributed by atoms with Gasteiger partial charge in [0.05, 0.1) is 10.8 Å². The zero-order valence-corrected chi connectivity index (χ0v) is 13.8. The molecule has 1 amide bonds. The summed E-state index contributed by atoms with van der Waals surface area (Å²) in [5.41, 5.74) is -0.0667. The average molecular weight is 366 g/mol. The lowest BCUT2D eigenvalue weighted by Gasteiger charge is -2.13. The second kappa shape index (κ2) is 6.75. The van der Waals surface area contributed by atoms with Crippen LogP contribution < -0.4 is 5.32 Å². The minimum atomic E-state index is -4.46. The summed E-state index contributed by atoms with van der Waals surface area (Å²) in [7, 11) is 0. The summed E-state index contributed by atoms with van der Waals surface area (Å²) in [6.45, 7) is 1.65. The zero-order chi connectivity index (χ0) is 18.0. The van der Waals surface area contributed by atoms with E-state index in [9.17, 15) is 18.0 Å². The fourth-order valence-electron chi connectivity index (χ4n) is 2.13. The number of aromatic nitrogens is 3. The summed E-state index contributed by atoms with van der Waals surface area (Å²) in [4.78, 5) is 12.3. The summed E-state index contributed by atoms with van der Waals surface area (Å²) < 4.78 is 39.9. The van der Waals surface area contributed by atoms with Crippen LogP contribution in [-0.2, 0) is 11.0 Å². The van der Waals surface area contributed by atoms with Gasteiger partial charge in [0.25, 0.3) is 0 Å². The number of carbonyl (C=O) groups is 1. The third kappa shape index (κ3) is 3.93. The normalized spacial score (nSPS) is 13.0. The Balaban J connectivity index is 1.71. The highest BCUT2D eigenvalue weighted by Crippen LogP contribution is 2.31. The van der Waals surface area contributed by atoms with Crippen LogP contribution in [0.3, 0.4) is 0 Å². The molecule has 0 spiro atoms. The van der Waals surface area contributed by atoms with Crippen LogP contribution in [0.15, 0.2) is 53.8 Å². The maximum Gasteiger partial charge on any atom is 0.416 e. The molecule has 0 fully saturated rings. The molecule has 0 saturated carbocycles. The molecule has 3 rings (SSSR count). The second-order valence-corrected chi connectivity index (χ2v) is 6.55. The van der Waals surface area contributed by atoms with Gasteiger partial charge in [0.1, 0.15) is 0 Å². The van der Waals surface area contributed by atoms with Crippen LogP contribution in [0.4, 0.5) is 18.9 Å². The lowest BCUT2D eigenvalue weighted by molar-refractivity contribution is -0.137. The first-order valence-electron chi connectivity index (χ1n) is 7.29. The van der Waals surface area contributed by atoms with Gasteiger partial charge in [-0.25, -0.2) is 0 Å². The first-order chi connectivity index (χ1) is 11.8. The second-order valence-electron chi connectivity index (χ2n) is 5.24. The maximum atomic E-state index is 12.7. The van der Waals surface area contributed by atoms with Gasteiger partial charge in [-0.3, -0.25) is 9.20 Å². The van der Waals surface area contributed by atoms with Gasteiger partial charge < -0.3 is 5.32 Å². The van der Waals surface area contributed by atoms with Crippen molar-refractivity contribution in [3.63, 3.8) is 0 Å². The number of thioether (sulfide) groups is 1. The first-order valence-corrected chi connectivity index (χ1v) is 8.17. The standard InChI is InChI=1S/C16H13F3N4OS/c1-10(25-15-22-21-13-7-2-3-8-23(13)15)14(24)20-12-6-4-5-11(9-12)16(17,18)19/h2-10H,1H3,(H,20,24). The lowest BCUT2D eigenvalue weighted by Crippen LogP contribution is -2.23. The molecule has 1 unspecified atom stereocenters. The van der Waals surface area contributed by atoms with Crippen molar-refractivity contribution in [2.75, 3.05) is 5.32 Å². The maximum absolute atomic E-state index is 12.7. The number of alkyl halides is 3. The van der Waals surface area contributed by atoms with E-state index in [0.717, 1.165) is 12.1 Å². The van der Waals surface area contributed by atoms with E-state index in [1.165, 1.54) is 23.9 Å². The van der Waals surface area contributed by atoms with Crippen LogP contribution in [0, 0.1) is 0 Å². The van der Waals surface area contributed by atoms with Crippen LogP contribution >= 0.6 is 11.8 Å². The zero-order valence-electron chi connectivity index (χ0n) is 13.0. The number of amides is 1. The van der Waals surface area contributed by atoms with Crippen molar-refractivity contribution in [1.82, 2.24) is 14.6 Å². The van der Waals surface area contributed by atoms with Crippen molar-refractivity contribution in [1.29, 1.82) is 0 Å². The van der Waals surface area contributed by atoms with Gasteiger partial charge in [-0.05, 0) is 37.3 Å². The number of rotatable bonds is 4. The smallest absolute Gasteiger partial charge is 0.325 e. The van der Waals surface area contributed by atoms with Gasteiger partial charge in [0.2, 0.25) is 5.91 Å².